The summed E-state index contributed by atoms with van der Waals surface area (Å²) in [6.45, 7) is 1.82. The molecule has 2 amide bonds. The van der Waals surface area contributed by atoms with Crippen LogP contribution in [0.1, 0.15) is 25.7 Å². The van der Waals surface area contributed by atoms with Gasteiger partial charge in [0.05, 0.1) is 0 Å². The van der Waals surface area contributed by atoms with Crippen LogP contribution in [0, 0.1) is 29.4 Å². The largest absolute Gasteiger partial charge is 0.341 e. The van der Waals surface area contributed by atoms with Crippen LogP contribution in [0.2, 0.25) is 0 Å². The Balaban J connectivity index is 1.48. The minimum absolute atomic E-state index is 0.117. The van der Waals surface area contributed by atoms with Gasteiger partial charge in [0.15, 0.2) is 0 Å². The molecule has 3 fully saturated rings. The average molecular weight is 334 g/mol. The predicted octanol–water partition coefficient (Wildman–Crippen LogP) is 2.58. The van der Waals surface area contributed by atoms with Crippen LogP contribution in [-0.4, -0.2) is 36.3 Å². The van der Waals surface area contributed by atoms with Crippen molar-refractivity contribution in [1.82, 2.24) is 4.90 Å². The first-order valence-corrected chi connectivity index (χ1v) is 8.59. The van der Waals surface area contributed by atoms with Crippen LogP contribution in [0.5, 0.6) is 0 Å². The van der Waals surface area contributed by atoms with E-state index in [1.54, 1.807) is 0 Å². The Morgan fingerprint density at radius 2 is 1.62 bits per heavy atom. The van der Waals surface area contributed by atoms with Gasteiger partial charge in [-0.3, -0.25) is 9.59 Å². The maximum absolute atomic E-state index is 13.4. The monoisotopic (exact) mass is 334 g/mol. The highest BCUT2D eigenvalue weighted by Crippen LogP contribution is 2.39. The number of nitrogens with zero attached hydrogens (tertiary/aromatic N) is 2. The summed E-state index contributed by atoms with van der Waals surface area (Å²) < 4.78 is 26.8. The number of amides is 2. The molecule has 24 heavy (non-hydrogen) atoms. The van der Waals surface area contributed by atoms with E-state index in [1.807, 2.05) is 4.90 Å². The lowest BCUT2D eigenvalue weighted by Gasteiger charge is -2.21. The molecule has 1 saturated carbocycles. The van der Waals surface area contributed by atoms with Crippen LogP contribution < -0.4 is 4.90 Å². The number of rotatable bonds is 2. The van der Waals surface area contributed by atoms with Crippen LogP contribution in [0.3, 0.4) is 0 Å². The van der Waals surface area contributed by atoms with Gasteiger partial charge in [-0.1, -0.05) is 6.42 Å². The number of benzene rings is 1. The highest BCUT2D eigenvalue weighted by Gasteiger charge is 2.44. The van der Waals surface area contributed by atoms with Gasteiger partial charge in [-0.05, 0) is 43.2 Å². The van der Waals surface area contributed by atoms with E-state index >= 15 is 0 Å². The number of hydrogen-bond acceptors (Lipinski definition) is 2. The van der Waals surface area contributed by atoms with Crippen LogP contribution in [0.15, 0.2) is 18.2 Å². The zero-order valence-electron chi connectivity index (χ0n) is 13.4. The van der Waals surface area contributed by atoms with Crippen molar-refractivity contribution in [1.29, 1.82) is 0 Å². The lowest BCUT2D eigenvalue weighted by molar-refractivity contribution is -0.139. The molecule has 2 aliphatic heterocycles. The molecule has 3 atom stereocenters. The number of likely N-dealkylation sites (tertiary alicyclic amines) is 1. The van der Waals surface area contributed by atoms with E-state index in [0.29, 0.717) is 24.8 Å². The molecule has 128 valence electrons. The summed E-state index contributed by atoms with van der Waals surface area (Å²) in [6, 6.07) is 3.04. The quantitative estimate of drug-likeness (QED) is 0.780. The second kappa shape index (κ2) is 5.83. The van der Waals surface area contributed by atoms with E-state index in [9.17, 15) is 18.4 Å². The third-order valence-electron chi connectivity index (χ3n) is 5.70. The number of hydrogen-bond donors (Lipinski definition) is 0. The molecule has 0 N–H and O–H groups in total. The lowest BCUT2D eigenvalue weighted by atomic mass is 10.0. The first-order chi connectivity index (χ1) is 11.5. The highest BCUT2D eigenvalue weighted by molar-refractivity contribution is 6.09. The summed E-state index contributed by atoms with van der Waals surface area (Å²) >= 11 is 0. The van der Waals surface area contributed by atoms with E-state index in [0.717, 1.165) is 31.3 Å². The number of carbonyl (C=O) groups excluding carboxylic acids is 2. The Labute approximate surface area is 139 Å². The molecule has 3 aliphatic rings. The molecule has 1 aromatic carbocycles. The van der Waals surface area contributed by atoms with Crippen molar-refractivity contribution in [3.63, 3.8) is 0 Å². The van der Waals surface area contributed by atoms with Crippen molar-refractivity contribution in [2.45, 2.75) is 25.7 Å². The maximum atomic E-state index is 13.4. The second-order valence-electron chi connectivity index (χ2n) is 7.15. The molecule has 2 saturated heterocycles. The van der Waals surface area contributed by atoms with E-state index < -0.39 is 17.6 Å². The van der Waals surface area contributed by atoms with Crippen molar-refractivity contribution < 1.29 is 18.4 Å². The second-order valence-corrected chi connectivity index (χ2v) is 7.15. The molecule has 4 rings (SSSR count). The van der Waals surface area contributed by atoms with Crippen LogP contribution >= 0.6 is 0 Å². The van der Waals surface area contributed by atoms with Gasteiger partial charge in [-0.2, -0.15) is 0 Å². The summed E-state index contributed by atoms with van der Waals surface area (Å²) in [5.74, 6) is -1.45. The molecule has 0 radical (unpaired) electrons. The maximum Gasteiger partial charge on any atom is 0.239 e. The third-order valence-corrected chi connectivity index (χ3v) is 5.70. The molecule has 0 unspecified atom stereocenters. The third kappa shape index (κ3) is 2.58. The Morgan fingerprint density at radius 3 is 2.25 bits per heavy atom. The van der Waals surface area contributed by atoms with Gasteiger partial charge < -0.3 is 9.80 Å². The summed E-state index contributed by atoms with van der Waals surface area (Å²) in [7, 11) is 0. The number of halogens is 2. The number of carbonyl (C=O) groups is 2. The molecular formula is C18H20F2N2O2. The normalized spacial score (nSPS) is 29.4. The molecule has 0 bridgehead atoms. The van der Waals surface area contributed by atoms with Crippen LogP contribution in [0.4, 0.5) is 14.5 Å². The molecule has 0 aromatic heterocycles. The van der Waals surface area contributed by atoms with Gasteiger partial charge in [0.1, 0.15) is 17.6 Å². The molecule has 4 nitrogen and oxygen atoms in total. The fraction of sp³-hybridized carbons (Fsp3) is 0.556. The van der Waals surface area contributed by atoms with Gasteiger partial charge in [0, 0.05) is 31.4 Å². The van der Waals surface area contributed by atoms with Crippen molar-refractivity contribution in [3.8, 4) is 0 Å². The summed E-state index contributed by atoms with van der Waals surface area (Å²) in [4.78, 5) is 28.5. The minimum atomic E-state index is -0.722. The molecule has 1 aromatic rings. The van der Waals surface area contributed by atoms with Gasteiger partial charge in [-0.25, -0.2) is 8.78 Å². The lowest BCUT2D eigenvalue weighted by Crippen LogP contribution is -2.39. The van der Waals surface area contributed by atoms with Gasteiger partial charge in [-0.15, -0.1) is 0 Å². The minimum Gasteiger partial charge on any atom is -0.341 e. The standard InChI is InChI=1S/C18H20F2N2O2/c19-13-6-14(20)8-15(7-13)22-5-4-16(18(22)24)17(23)21-9-11-2-1-3-12(11)10-21/h6-8,11-12,16H,1-5,9-10H2/t11-,12+,16-/m1/s1. The van der Waals surface area contributed by atoms with E-state index in [2.05, 4.69) is 0 Å². The average Bonchev–Trinajstić information content (AvgIpc) is 3.19. The summed E-state index contributed by atoms with van der Waals surface area (Å²) in [5, 5.41) is 0. The first kappa shape index (κ1) is 15.5. The Kier molecular flexibility index (Phi) is 3.77. The summed E-state index contributed by atoms with van der Waals surface area (Å²) in [5.41, 5.74) is 0.186. The fourth-order valence-corrected chi connectivity index (χ4v) is 4.50. The van der Waals surface area contributed by atoms with E-state index in [4.69, 9.17) is 0 Å². The first-order valence-electron chi connectivity index (χ1n) is 8.59. The van der Waals surface area contributed by atoms with Crippen molar-refractivity contribution in [2.24, 2.45) is 17.8 Å². The van der Waals surface area contributed by atoms with Gasteiger partial charge >= 0.3 is 0 Å². The Hall–Kier alpha value is -1.98. The molecular weight excluding hydrogens is 314 g/mol. The van der Waals surface area contributed by atoms with E-state index in [-0.39, 0.29) is 17.5 Å². The Bertz CT molecular complexity index is 661. The van der Waals surface area contributed by atoms with Crippen LogP contribution in [0.25, 0.3) is 0 Å². The predicted molar refractivity (Wildman–Crippen MR) is 84.2 cm³/mol. The summed E-state index contributed by atoms with van der Waals surface area (Å²) in [6.07, 6.45) is 3.98. The van der Waals surface area contributed by atoms with Crippen molar-refractivity contribution in [3.05, 3.63) is 29.8 Å². The number of anilines is 1. The van der Waals surface area contributed by atoms with Gasteiger partial charge in [0.25, 0.3) is 0 Å². The highest BCUT2D eigenvalue weighted by atomic mass is 19.1. The molecule has 2 heterocycles. The topological polar surface area (TPSA) is 40.6 Å². The van der Waals surface area contributed by atoms with Crippen molar-refractivity contribution >= 4 is 17.5 Å². The van der Waals surface area contributed by atoms with Gasteiger partial charge in [0.2, 0.25) is 11.8 Å². The SMILES string of the molecule is O=C([C@H]1CCN(c2cc(F)cc(F)c2)C1=O)N1C[C@H]2CCC[C@H]2C1. The van der Waals surface area contributed by atoms with Crippen molar-refractivity contribution in [2.75, 3.05) is 24.5 Å². The fourth-order valence-electron chi connectivity index (χ4n) is 4.50. The smallest absolute Gasteiger partial charge is 0.239 e. The number of fused-ring (bicyclic) bond motifs is 1. The molecule has 0 spiro atoms. The Morgan fingerprint density at radius 1 is 1.00 bits per heavy atom. The molecule has 6 heteroatoms. The van der Waals surface area contributed by atoms with E-state index in [1.165, 1.54) is 24.2 Å². The van der Waals surface area contributed by atoms with Crippen LogP contribution in [-0.2, 0) is 9.59 Å². The molecule has 1 aliphatic carbocycles. The zero-order chi connectivity index (χ0) is 16.8. The zero-order valence-corrected chi connectivity index (χ0v) is 13.4.